The lowest BCUT2D eigenvalue weighted by Gasteiger charge is -2.13. The molecule has 0 saturated heterocycles. The van der Waals surface area contributed by atoms with Crippen LogP contribution in [-0.2, 0) is 11.0 Å². The standard InChI is InChI=1S/C19H16F3NO3/c20-19(21,22)17-10-13(7-9-18(26)23-11-15(25)12-24)6-8-16(17)14-4-2-1-3-5-14/h1-6,8,10,15,24-25H,11-12H2,(H,23,26)/t15-/m1/s1. The molecule has 4 nitrogen and oxygen atoms in total. The van der Waals surface area contributed by atoms with E-state index < -0.39 is 30.4 Å². The Hall–Kier alpha value is -2.82. The number of hydrogen-bond donors (Lipinski definition) is 3. The molecule has 0 bridgehead atoms. The Morgan fingerprint density at radius 3 is 2.46 bits per heavy atom. The molecule has 0 aliphatic carbocycles. The molecular formula is C19H16F3NO3. The predicted octanol–water partition coefficient (Wildman–Crippen LogP) is 2.19. The Labute approximate surface area is 148 Å². The van der Waals surface area contributed by atoms with Crippen molar-refractivity contribution in [2.75, 3.05) is 13.2 Å². The molecule has 2 aromatic rings. The largest absolute Gasteiger partial charge is 0.417 e. The van der Waals surface area contributed by atoms with Gasteiger partial charge in [-0.05, 0) is 23.3 Å². The van der Waals surface area contributed by atoms with Crippen LogP contribution < -0.4 is 5.32 Å². The van der Waals surface area contributed by atoms with Crippen molar-refractivity contribution in [3.63, 3.8) is 0 Å². The van der Waals surface area contributed by atoms with E-state index in [1.54, 1.807) is 30.3 Å². The number of nitrogens with one attached hydrogen (secondary N) is 1. The average molecular weight is 363 g/mol. The van der Waals surface area contributed by atoms with E-state index in [1.807, 2.05) is 0 Å². The molecule has 3 N–H and O–H groups in total. The molecule has 0 aromatic heterocycles. The second-order valence-corrected chi connectivity index (χ2v) is 5.42. The van der Waals surface area contributed by atoms with Gasteiger partial charge in [-0.1, -0.05) is 42.3 Å². The Kier molecular flexibility index (Phi) is 6.39. The van der Waals surface area contributed by atoms with Crippen molar-refractivity contribution < 1.29 is 28.2 Å². The van der Waals surface area contributed by atoms with Gasteiger partial charge in [-0.25, -0.2) is 0 Å². The summed E-state index contributed by atoms with van der Waals surface area (Å²) in [6.45, 7) is -0.728. The highest BCUT2D eigenvalue weighted by molar-refractivity contribution is 5.94. The number of rotatable bonds is 4. The first-order valence-corrected chi connectivity index (χ1v) is 7.66. The van der Waals surface area contributed by atoms with Crippen LogP contribution in [-0.4, -0.2) is 35.4 Å². The first-order valence-electron chi connectivity index (χ1n) is 7.66. The van der Waals surface area contributed by atoms with E-state index in [-0.39, 0.29) is 17.7 Å². The summed E-state index contributed by atoms with van der Waals surface area (Å²) >= 11 is 0. The van der Waals surface area contributed by atoms with Gasteiger partial charge in [0.25, 0.3) is 5.91 Å². The molecule has 1 amide bonds. The van der Waals surface area contributed by atoms with Gasteiger partial charge in [0.1, 0.15) is 0 Å². The van der Waals surface area contributed by atoms with E-state index in [0.29, 0.717) is 5.56 Å². The fraction of sp³-hybridized carbons (Fsp3) is 0.211. The van der Waals surface area contributed by atoms with Crippen molar-refractivity contribution >= 4 is 5.91 Å². The summed E-state index contributed by atoms with van der Waals surface area (Å²) in [5, 5.41) is 20.0. The molecule has 0 aliphatic heterocycles. The number of halogens is 3. The molecule has 0 saturated carbocycles. The number of hydrogen-bond acceptors (Lipinski definition) is 3. The zero-order chi connectivity index (χ0) is 19.2. The number of carbonyl (C=O) groups excluding carboxylic acids is 1. The van der Waals surface area contributed by atoms with Crippen molar-refractivity contribution in [2.24, 2.45) is 0 Å². The Bertz CT molecular complexity index is 823. The highest BCUT2D eigenvalue weighted by atomic mass is 19.4. The van der Waals surface area contributed by atoms with Gasteiger partial charge >= 0.3 is 6.18 Å². The van der Waals surface area contributed by atoms with Crippen LogP contribution in [0, 0.1) is 11.8 Å². The maximum Gasteiger partial charge on any atom is 0.417 e. The summed E-state index contributed by atoms with van der Waals surface area (Å²) in [5.41, 5.74) is -0.351. The van der Waals surface area contributed by atoms with Crippen LogP contribution in [0.15, 0.2) is 48.5 Å². The minimum atomic E-state index is -4.57. The molecule has 0 heterocycles. The zero-order valence-electron chi connectivity index (χ0n) is 13.5. The highest BCUT2D eigenvalue weighted by Crippen LogP contribution is 2.37. The smallest absolute Gasteiger partial charge is 0.394 e. The number of amides is 1. The quantitative estimate of drug-likeness (QED) is 0.730. The van der Waals surface area contributed by atoms with E-state index >= 15 is 0 Å². The normalized spacial score (nSPS) is 12.0. The zero-order valence-corrected chi connectivity index (χ0v) is 13.5. The lowest BCUT2D eigenvalue weighted by Crippen LogP contribution is -2.33. The molecule has 1 atom stereocenters. The fourth-order valence-electron chi connectivity index (χ4n) is 2.17. The first kappa shape index (κ1) is 19.5. The monoisotopic (exact) mass is 363 g/mol. The lowest BCUT2D eigenvalue weighted by molar-refractivity contribution is -0.137. The van der Waals surface area contributed by atoms with E-state index in [2.05, 4.69) is 17.2 Å². The minimum Gasteiger partial charge on any atom is -0.394 e. The van der Waals surface area contributed by atoms with Gasteiger partial charge < -0.3 is 15.5 Å². The maximum absolute atomic E-state index is 13.4. The summed E-state index contributed by atoms with van der Waals surface area (Å²) in [5.74, 6) is 3.76. The summed E-state index contributed by atoms with van der Waals surface area (Å²) in [7, 11) is 0. The molecule has 0 unspecified atom stereocenters. The van der Waals surface area contributed by atoms with Crippen LogP contribution in [0.4, 0.5) is 13.2 Å². The Morgan fingerprint density at radius 2 is 1.85 bits per heavy atom. The van der Waals surface area contributed by atoms with Crippen LogP contribution in [0.3, 0.4) is 0 Å². The minimum absolute atomic E-state index is 0.0270. The highest BCUT2D eigenvalue weighted by Gasteiger charge is 2.33. The third-order valence-electron chi connectivity index (χ3n) is 3.44. The summed E-state index contributed by atoms with van der Waals surface area (Å²) in [6.07, 6.45) is -5.70. The summed E-state index contributed by atoms with van der Waals surface area (Å²) in [6, 6.07) is 11.8. The van der Waals surface area contributed by atoms with Crippen LogP contribution >= 0.6 is 0 Å². The van der Waals surface area contributed by atoms with Gasteiger partial charge in [0.2, 0.25) is 0 Å². The molecular weight excluding hydrogens is 347 g/mol. The number of carbonyl (C=O) groups is 1. The van der Waals surface area contributed by atoms with Crippen LogP contribution in [0.1, 0.15) is 11.1 Å². The van der Waals surface area contributed by atoms with Gasteiger partial charge in [0.05, 0.1) is 18.3 Å². The second-order valence-electron chi connectivity index (χ2n) is 5.42. The molecule has 0 radical (unpaired) electrons. The van der Waals surface area contributed by atoms with Crippen LogP contribution in [0.5, 0.6) is 0 Å². The van der Waals surface area contributed by atoms with Crippen molar-refractivity contribution in [3.8, 4) is 23.0 Å². The molecule has 0 fully saturated rings. The Balaban J connectivity index is 2.28. The summed E-state index contributed by atoms with van der Waals surface area (Å²) < 4.78 is 40.1. The van der Waals surface area contributed by atoms with Crippen molar-refractivity contribution in [1.29, 1.82) is 0 Å². The third-order valence-corrected chi connectivity index (χ3v) is 3.44. The molecule has 0 spiro atoms. The fourth-order valence-corrected chi connectivity index (χ4v) is 2.17. The Morgan fingerprint density at radius 1 is 1.15 bits per heavy atom. The molecule has 136 valence electrons. The van der Waals surface area contributed by atoms with Crippen LogP contribution in [0.2, 0.25) is 0 Å². The van der Waals surface area contributed by atoms with E-state index in [4.69, 9.17) is 10.2 Å². The molecule has 0 aliphatic rings. The first-order chi connectivity index (χ1) is 12.3. The predicted molar refractivity (Wildman–Crippen MR) is 89.9 cm³/mol. The summed E-state index contributed by atoms with van der Waals surface area (Å²) in [4.78, 5) is 11.5. The number of aliphatic hydroxyl groups is 2. The van der Waals surface area contributed by atoms with E-state index in [0.717, 1.165) is 6.07 Å². The third kappa shape index (κ3) is 5.34. The lowest BCUT2D eigenvalue weighted by atomic mass is 9.97. The molecule has 2 aromatic carbocycles. The van der Waals surface area contributed by atoms with Crippen LogP contribution in [0.25, 0.3) is 11.1 Å². The van der Waals surface area contributed by atoms with E-state index in [9.17, 15) is 18.0 Å². The van der Waals surface area contributed by atoms with Gasteiger partial charge in [0, 0.05) is 18.0 Å². The van der Waals surface area contributed by atoms with Crippen molar-refractivity contribution in [1.82, 2.24) is 5.32 Å². The second kappa shape index (κ2) is 8.52. The van der Waals surface area contributed by atoms with Gasteiger partial charge in [-0.2, -0.15) is 13.2 Å². The topological polar surface area (TPSA) is 69.6 Å². The van der Waals surface area contributed by atoms with Crippen molar-refractivity contribution in [3.05, 3.63) is 59.7 Å². The SMILES string of the molecule is O=C(C#Cc1ccc(-c2ccccc2)c(C(F)(F)F)c1)NC[C@@H](O)CO. The number of alkyl halides is 3. The number of benzene rings is 2. The van der Waals surface area contributed by atoms with Gasteiger partial charge in [0.15, 0.2) is 0 Å². The van der Waals surface area contributed by atoms with Crippen molar-refractivity contribution in [2.45, 2.75) is 12.3 Å². The number of aliphatic hydroxyl groups excluding tert-OH is 2. The van der Waals surface area contributed by atoms with Gasteiger partial charge in [-0.3, -0.25) is 4.79 Å². The maximum atomic E-state index is 13.4. The van der Waals surface area contributed by atoms with Gasteiger partial charge in [-0.15, -0.1) is 0 Å². The average Bonchev–Trinajstić information content (AvgIpc) is 2.64. The van der Waals surface area contributed by atoms with E-state index in [1.165, 1.54) is 12.1 Å². The molecule has 7 heteroatoms. The molecule has 2 rings (SSSR count). The molecule has 26 heavy (non-hydrogen) atoms.